The fourth-order valence-electron chi connectivity index (χ4n) is 3.44. The second-order valence-electron chi connectivity index (χ2n) is 7.65. The van der Waals surface area contributed by atoms with Crippen LogP contribution < -0.4 is 4.74 Å². The smallest absolute Gasteiger partial charge is 0.119 e. The molecule has 2 aromatic rings. The zero-order chi connectivity index (χ0) is 19.2. The Labute approximate surface area is 167 Å². The zero-order valence-corrected chi connectivity index (χ0v) is 17.5. The molecule has 0 spiro atoms. The van der Waals surface area contributed by atoms with E-state index in [2.05, 4.69) is 62.4 Å². The Hall–Kier alpha value is -1.76. The Morgan fingerprint density at radius 3 is 1.70 bits per heavy atom. The van der Waals surface area contributed by atoms with Crippen LogP contribution in [0.4, 0.5) is 0 Å². The van der Waals surface area contributed by atoms with Crippen molar-refractivity contribution < 1.29 is 4.74 Å². The average Bonchev–Trinajstić information content (AvgIpc) is 2.71. The standard InChI is InChI=1S/C26H38O/c1-3-5-7-8-9-10-12-22-27-26-20-18-25(19-21-26)24-16-14-23(15-17-24)13-11-6-4-2/h14-21H,3-13,22H2,1-2H3. The highest BCUT2D eigenvalue weighted by Gasteiger charge is 2.00. The molecule has 27 heavy (non-hydrogen) atoms. The zero-order valence-electron chi connectivity index (χ0n) is 17.5. The van der Waals surface area contributed by atoms with Gasteiger partial charge in [0.2, 0.25) is 0 Å². The molecule has 0 amide bonds. The first-order valence-electron chi connectivity index (χ1n) is 11.2. The molecular formula is C26H38O. The lowest BCUT2D eigenvalue weighted by Gasteiger charge is -2.08. The molecule has 2 rings (SSSR count). The van der Waals surface area contributed by atoms with Gasteiger partial charge in [0.25, 0.3) is 0 Å². The van der Waals surface area contributed by atoms with Crippen molar-refractivity contribution in [3.05, 3.63) is 54.1 Å². The molecule has 0 aliphatic rings. The average molecular weight is 367 g/mol. The van der Waals surface area contributed by atoms with E-state index < -0.39 is 0 Å². The fourth-order valence-corrected chi connectivity index (χ4v) is 3.44. The van der Waals surface area contributed by atoms with E-state index in [0.29, 0.717) is 0 Å². The maximum Gasteiger partial charge on any atom is 0.119 e. The van der Waals surface area contributed by atoms with Gasteiger partial charge in [-0.25, -0.2) is 0 Å². The van der Waals surface area contributed by atoms with Crippen LogP contribution in [-0.4, -0.2) is 6.61 Å². The van der Waals surface area contributed by atoms with Crippen LogP contribution in [-0.2, 0) is 6.42 Å². The van der Waals surface area contributed by atoms with Gasteiger partial charge >= 0.3 is 0 Å². The fraction of sp³-hybridized carbons (Fsp3) is 0.538. The topological polar surface area (TPSA) is 9.23 Å². The van der Waals surface area contributed by atoms with Gasteiger partial charge in [-0.15, -0.1) is 0 Å². The van der Waals surface area contributed by atoms with Crippen LogP contribution in [0.15, 0.2) is 48.5 Å². The van der Waals surface area contributed by atoms with E-state index in [0.717, 1.165) is 18.8 Å². The molecule has 0 heterocycles. The first-order chi connectivity index (χ1) is 13.3. The first kappa shape index (κ1) is 21.5. The summed E-state index contributed by atoms with van der Waals surface area (Å²) in [6.45, 7) is 5.35. The third-order valence-corrected chi connectivity index (χ3v) is 5.23. The summed E-state index contributed by atoms with van der Waals surface area (Å²) in [6, 6.07) is 17.6. The van der Waals surface area contributed by atoms with Crippen molar-refractivity contribution >= 4 is 0 Å². The number of hydrogen-bond donors (Lipinski definition) is 0. The third-order valence-electron chi connectivity index (χ3n) is 5.23. The monoisotopic (exact) mass is 366 g/mol. The van der Waals surface area contributed by atoms with Gasteiger partial charge in [-0.3, -0.25) is 0 Å². The molecular weight excluding hydrogens is 328 g/mol. The van der Waals surface area contributed by atoms with Crippen LogP contribution >= 0.6 is 0 Å². The number of aryl methyl sites for hydroxylation is 1. The molecule has 0 fully saturated rings. The summed E-state index contributed by atoms with van der Waals surface area (Å²) in [5.41, 5.74) is 3.99. The van der Waals surface area contributed by atoms with Gasteiger partial charge in [0.1, 0.15) is 5.75 Å². The maximum absolute atomic E-state index is 5.90. The molecule has 0 atom stereocenters. The summed E-state index contributed by atoms with van der Waals surface area (Å²) in [6.07, 6.45) is 14.3. The van der Waals surface area contributed by atoms with E-state index in [4.69, 9.17) is 4.74 Å². The molecule has 2 aromatic carbocycles. The molecule has 0 saturated carbocycles. The van der Waals surface area contributed by atoms with E-state index >= 15 is 0 Å². The molecule has 148 valence electrons. The largest absolute Gasteiger partial charge is 0.494 e. The minimum absolute atomic E-state index is 0.833. The van der Waals surface area contributed by atoms with Crippen LogP contribution in [0.2, 0.25) is 0 Å². The quantitative estimate of drug-likeness (QED) is 0.306. The second-order valence-corrected chi connectivity index (χ2v) is 7.65. The number of unbranched alkanes of at least 4 members (excludes halogenated alkanes) is 8. The van der Waals surface area contributed by atoms with Crippen molar-refractivity contribution in [3.8, 4) is 16.9 Å². The van der Waals surface area contributed by atoms with Crippen molar-refractivity contribution in [2.45, 2.75) is 84.5 Å². The molecule has 0 radical (unpaired) electrons. The minimum Gasteiger partial charge on any atom is -0.494 e. The molecule has 0 aromatic heterocycles. The first-order valence-corrected chi connectivity index (χ1v) is 11.2. The molecule has 1 nitrogen and oxygen atoms in total. The van der Waals surface area contributed by atoms with Crippen molar-refractivity contribution in [1.29, 1.82) is 0 Å². The van der Waals surface area contributed by atoms with Gasteiger partial charge in [0.05, 0.1) is 6.61 Å². The highest BCUT2D eigenvalue weighted by molar-refractivity contribution is 5.64. The summed E-state index contributed by atoms with van der Waals surface area (Å²) in [4.78, 5) is 0. The lowest BCUT2D eigenvalue weighted by atomic mass is 10.0. The summed E-state index contributed by atoms with van der Waals surface area (Å²) >= 11 is 0. The predicted octanol–water partition coefficient (Wildman–Crippen LogP) is 8.22. The Bertz CT molecular complexity index is 597. The highest BCUT2D eigenvalue weighted by Crippen LogP contribution is 2.23. The molecule has 0 saturated heterocycles. The van der Waals surface area contributed by atoms with E-state index in [-0.39, 0.29) is 0 Å². The van der Waals surface area contributed by atoms with Gasteiger partial charge in [-0.1, -0.05) is 102 Å². The normalized spacial score (nSPS) is 10.9. The van der Waals surface area contributed by atoms with E-state index in [1.807, 2.05) is 0 Å². The predicted molar refractivity (Wildman–Crippen MR) is 119 cm³/mol. The van der Waals surface area contributed by atoms with Gasteiger partial charge < -0.3 is 4.74 Å². The lowest BCUT2D eigenvalue weighted by molar-refractivity contribution is 0.304. The number of ether oxygens (including phenoxy) is 1. The van der Waals surface area contributed by atoms with E-state index in [1.54, 1.807) is 0 Å². The van der Waals surface area contributed by atoms with Gasteiger partial charge in [0.15, 0.2) is 0 Å². The Balaban J connectivity index is 1.70. The molecule has 0 unspecified atom stereocenters. The van der Waals surface area contributed by atoms with Crippen LogP contribution in [0, 0.1) is 0 Å². The van der Waals surface area contributed by atoms with Gasteiger partial charge in [-0.05, 0) is 48.1 Å². The highest BCUT2D eigenvalue weighted by atomic mass is 16.5. The minimum atomic E-state index is 0.833. The van der Waals surface area contributed by atoms with Crippen molar-refractivity contribution in [2.24, 2.45) is 0 Å². The van der Waals surface area contributed by atoms with E-state index in [1.165, 1.54) is 80.9 Å². The molecule has 0 aliphatic heterocycles. The Kier molecular flexibility index (Phi) is 10.7. The van der Waals surface area contributed by atoms with Crippen LogP contribution in [0.1, 0.15) is 83.6 Å². The van der Waals surface area contributed by atoms with Crippen LogP contribution in [0.5, 0.6) is 5.75 Å². The van der Waals surface area contributed by atoms with Crippen LogP contribution in [0.25, 0.3) is 11.1 Å². The maximum atomic E-state index is 5.90. The molecule has 0 aliphatic carbocycles. The summed E-state index contributed by atoms with van der Waals surface area (Å²) in [5, 5.41) is 0. The molecule has 0 bridgehead atoms. The Morgan fingerprint density at radius 1 is 0.556 bits per heavy atom. The second kappa shape index (κ2) is 13.4. The van der Waals surface area contributed by atoms with Crippen LogP contribution in [0.3, 0.4) is 0 Å². The number of rotatable bonds is 14. The number of benzene rings is 2. The molecule has 0 N–H and O–H groups in total. The van der Waals surface area contributed by atoms with Gasteiger partial charge in [0, 0.05) is 0 Å². The van der Waals surface area contributed by atoms with E-state index in [9.17, 15) is 0 Å². The van der Waals surface area contributed by atoms with Crippen molar-refractivity contribution in [3.63, 3.8) is 0 Å². The summed E-state index contributed by atoms with van der Waals surface area (Å²) in [5.74, 6) is 0.987. The Morgan fingerprint density at radius 2 is 1.07 bits per heavy atom. The van der Waals surface area contributed by atoms with Crippen molar-refractivity contribution in [2.75, 3.05) is 6.61 Å². The van der Waals surface area contributed by atoms with Gasteiger partial charge in [-0.2, -0.15) is 0 Å². The lowest BCUT2D eigenvalue weighted by Crippen LogP contribution is -1.97. The van der Waals surface area contributed by atoms with Crippen molar-refractivity contribution in [1.82, 2.24) is 0 Å². The summed E-state index contributed by atoms with van der Waals surface area (Å²) < 4.78 is 5.90. The number of hydrogen-bond acceptors (Lipinski definition) is 1. The summed E-state index contributed by atoms with van der Waals surface area (Å²) in [7, 11) is 0. The third kappa shape index (κ3) is 8.65. The molecule has 1 heteroatoms. The SMILES string of the molecule is CCCCCCCCCOc1ccc(-c2ccc(CCCCC)cc2)cc1.